The van der Waals surface area contributed by atoms with Crippen LogP contribution in [0.2, 0.25) is 5.02 Å². The third-order valence-corrected chi connectivity index (χ3v) is 8.19. The molecule has 0 saturated heterocycles. The van der Waals surface area contributed by atoms with Crippen molar-refractivity contribution >= 4 is 57.3 Å². The summed E-state index contributed by atoms with van der Waals surface area (Å²) < 4.78 is 1.27. The Morgan fingerprint density at radius 1 is 0.968 bits per heavy atom. The van der Waals surface area contributed by atoms with Crippen molar-refractivity contribution in [2.45, 2.75) is 29.9 Å². The molecule has 0 bridgehead atoms. The molecule has 0 radical (unpaired) electrons. The number of aromatic nitrogens is 1. The fourth-order valence-electron chi connectivity index (χ4n) is 3.97. The second-order valence-electron chi connectivity index (χ2n) is 7.62. The Balaban J connectivity index is 0.00000231. The van der Waals surface area contributed by atoms with Gasteiger partial charge in [0, 0.05) is 17.1 Å². The van der Waals surface area contributed by atoms with Crippen molar-refractivity contribution in [3.63, 3.8) is 0 Å². The Labute approximate surface area is 202 Å². The van der Waals surface area contributed by atoms with Crippen LogP contribution in [0, 0.1) is 0 Å². The number of hydrogen-bond donors (Lipinski definition) is 1. The number of nitrogens with zero attached hydrogens (tertiary/aromatic N) is 1. The van der Waals surface area contributed by atoms with E-state index in [4.69, 9.17) is 16.6 Å². The molecule has 0 spiro atoms. The van der Waals surface area contributed by atoms with Gasteiger partial charge < -0.3 is 5.32 Å². The lowest BCUT2D eigenvalue weighted by atomic mass is 10.0. The van der Waals surface area contributed by atoms with Gasteiger partial charge in [0.05, 0.1) is 20.2 Å². The van der Waals surface area contributed by atoms with Crippen molar-refractivity contribution in [3.05, 3.63) is 92.9 Å². The maximum atomic E-state index is 6.61. The van der Waals surface area contributed by atoms with Gasteiger partial charge in [-0.3, -0.25) is 0 Å². The highest BCUT2D eigenvalue weighted by molar-refractivity contribution is 7.98. The molecule has 0 unspecified atom stereocenters. The van der Waals surface area contributed by atoms with Crippen LogP contribution in [0.1, 0.15) is 27.3 Å². The van der Waals surface area contributed by atoms with Crippen molar-refractivity contribution in [1.82, 2.24) is 10.3 Å². The second kappa shape index (κ2) is 10.4. The molecule has 1 aromatic heterocycles. The summed E-state index contributed by atoms with van der Waals surface area (Å²) >= 11 is 10.3. The quantitative estimate of drug-likeness (QED) is 0.309. The Bertz CT molecular complexity index is 1180. The summed E-state index contributed by atoms with van der Waals surface area (Å²) in [6.45, 7) is 2.07. The van der Waals surface area contributed by atoms with E-state index in [0.717, 1.165) is 48.6 Å². The summed E-state index contributed by atoms with van der Waals surface area (Å²) in [4.78, 5) is 6.09. The van der Waals surface area contributed by atoms with Crippen molar-refractivity contribution in [2.24, 2.45) is 0 Å². The largest absolute Gasteiger partial charge is 0.316 e. The number of hydrogen-bond acceptors (Lipinski definition) is 4. The Morgan fingerprint density at radius 3 is 2.68 bits per heavy atom. The summed E-state index contributed by atoms with van der Waals surface area (Å²) in [6.07, 6.45) is 3.02. The SMILES string of the molecule is Cl.Clc1ccc2c(c1SCc1ccc3nc(Cc4ccccc4)sc3c1)CCNCC2. The highest BCUT2D eigenvalue weighted by atomic mass is 35.5. The lowest BCUT2D eigenvalue weighted by Crippen LogP contribution is -2.16. The summed E-state index contributed by atoms with van der Waals surface area (Å²) in [7, 11) is 0. The number of rotatable bonds is 5. The minimum Gasteiger partial charge on any atom is -0.316 e. The Hall–Kier alpha value is -1.56. The van der Waals surface area contributed by atoms with E-state index in [1.54, 1.807) is 11.3 Å². The maximum absolute atomic E-state index is 6.61. The highest BCUT2D eigenvalue weighted by Gasteiger charge is 2.15. The number of fused-ring (bicyclic) bond motifs is 2. The zero-order chi connectivity index (χ0) is 20.3. The molecule has 0 atom stereocenters. The Kier molecular flexibility index (Phi) is 7.57. The van der Waals surface area contributed by atoms with Gasteiger partial charge in [0.25, 0.3) is 0 Å². The van der Waals surface area contributed by atoms with Gasteiger partial charge in [-0.05, 0) is 66.4 Å². The van der Waals surface area contributed by atoms with Crippen molar-refractivity contribution in [3.8, 4) is 0 Å². The van der Waals surface area contributed by atoms with E-state index in [1.165, 1.54) is 36.9 Å². The fraction of sp³-hybridized carbons (Fsp3) is 0.240. The first kappa shape index (κ1) is 22.6. The van der Waals surface area contributed by atoms with Gasteiger partial charge in [0.1, 0.15) is 0 Å². The van der Waals surface area contributed by atoms with E-state index in [2.05, 4.69) is 66.0 Å². The molecular weight excluding hydrogens is 463 g/mol. The molecule has 0 saturated carbocycles. The highest BCUT2D eigenvalue weighted by Crippen LogP contribution is 2.36. The van der Waals surface area contributed by atoms with Crippen LogP contribution < -0.4 is 5.32 Å². The van der Waals surface area contributed by atoms with E-state index < -0.39 is 0 Å². The molecule has 0 amide bonds. The van der Waals surface area contributed by atoms with Crippen LogP contribution in [0.3, 0.4) is 0 Å². The number of halogens is 2. The maximum Gasteiger partial charge on any atom is 0.0982 e. The van der Waals surface area contributed by atoms with Crippen LogP contribution in [-0.4, -0.2) is 18.1 Å². The van der Waals surface area contributed by atoms with Crippen LogP contribution in [0.15, 0.2) is 65.6 Å². The van der Waals surface area contributed by atoms with E-state index in [0.29, 0.717) is 0 Å². The lowest BCUT2D eigenvalue weighted by molar-refractivity contribution is 0.709. The average Bonchev–Trinajstić information content (AvgIpc) is 3.00. The van der Waals surface area contributed by atoms with Gasteiger partial charge in [0.2, 0.25) is 0 Å². The van der Waals surface area contributed by atoms with Gasteiger partial charge in [0.15, 0.2) is 0 Å². The number of thioether (sulfide) groups is 1. The van der Waals surface area contributed by atoms with Crippen LogP contribution >= 0.6 is 47.1 Å². The molecule has 0 aliphatic carbocycles. The normalized spacial score (nSPS) is 13.5. The molecule has 160 valence electrons. The molecular formula is C25H24Cl2N2S2. The van der Waals surface area contributed by atoms with Gasteiger partial charge in [-0.25, -0.2) is 4.98 Å². The molecule has 5 rings (SSSR count). The minimum atomic E-state index is 0. The number of nitrogens with one attached hydrogen (secondary N) is 1. The zero-order valence-corrected chi connectivity index (χ0v) is 20.3. The molecule has 4 aromatic rings. The van der Waals surface area contributed by atoms with Crippen LogP contribution in [0.4, 0.5) is 0 Å². The molecule has 1 N–H and O–H groups in total. The molecule has 2 heterocycles. The molecule has 31 heavy (non-hydrogen) atoms. The Morgan fingerprint density at radius 2 is 1.81 bits per heavy atom. The summed E-state index contributed by atoms with van der Waals surface area (Å²) in [5.41, 5.74) is 6.60. The predicted molar refractivity (Wildman–Crippen MR) is 137 cm³/mol. The first-order valence-corrected chi connectivity index (χ1v) is 12.5. The van der Waals surface area contributed by atoms with Gasteiger partial charge in [-0.2, -0.15) is 0 Å². The van der Waals surface area contributed by atoms with Crippen LogP contribution in [-0.2, 0) is 25.0 Å². The summed E-state index contributed by atoms with van der Waals surface area (Å²) in [5, 5.41) is 5.55. The van der Waals surface area contributed by atoms with Gasteiger partial charge in [-0.15, -0.1) is 35.5 Å². The molecule has 2 nitrogen and oxygen atoms in total. The zero-order valence-electron chi connectivity index (χ0n) is 17.1. The van der Waals surface area contributed by atoms with Crippen LogP contribution in [0.25, 0.3) is 10.2 Å². The number of benzene rings is 3. The van der Waals surface area contributed by atoms with Gasteiger partial charge in [-0.1, -0.05) is 54.1 Å². The molecule has 3 aromatic carbocycles. The predicted octanol–water partition coefficient (Wildman–Crippen LogP) is 6.94. The van der Waals surface area contributed by atoms with E-state index in [1.807, 2.05) is 11.8 Å². The molecule has 6 heteroatoms. The monoisotopic (exact) mass is 486 g/mol. The molecule has 1 aliphatic heterocycles. The summed E-state index contributed by atoms with van der Waals surface area (Å²) in [6, 6.07) is 21.5. The van der Waals surface area contributed by atoms with E-state index >= 15 is 0 Å². The fourth-order valence-corrected chi connectivity index (χ4v) is 6.48. The lowest BCUT2D eigenvalue weighted by Gasteiger charge is -2.14. The van der Waals surface area contributed by atoms with Gasteiger partial charge >= 0.3 is 0 Å². The van der Waals surface area contributed by atoms with Crippen LogP contribution in [0.5, 0.6) is 0 Å². The molecule has 0 fully saturated rings. The third-order valence-electron chi connectivity index (χ3n) is 5.51. The average molecular weight is 488 g/mol. The van der Waals surface area contributed by atoms with E-state index in [9.17, 15) is 0 Å². The first-order valence-electron chi connectivity index (χ1n) is 10.3. The number of thiazole rings is 1. The summed E-state index contributed by atoms with van der Waals surface area (Å²) in [5.74, 6) is 0.922. The topological polar surface area (TPSA) is 24.9 Å². The van der Waals surface area contributed by atoms with Crippen molar-refractivity contribution in [2.75, 3.05) is 13.1 Å². The van der Waals surface area contributed by atoms with Crippen molar-refractivity contribution < 1.29 is 0 Å². The second-order valence-corrected chi connectivity index (χ2v) is 10.1. The minimum absolute atomic E-state index is 0. The molecule has 1 aliphatic rings. The van der Waals surface area contributed by atoms with E-state index in [-0.39, 0.29) is 12.4 Å². The third kappa shape index (κ3) is 5.27. The first-order chi connectivity index (χ1) is 14.8. The standard InChI is InChI=1S/C25H23ClN2S2.ClH/c26-21-8-7-19-10-12-27-13-11-20(19)25(21)29-16-18-6-9-22-23(14-18)30-24(28-22)15-17-4-2-1-3-5-17;/h1-9,14,27H,10-13,15-16H2;1H. The van der Waals surface area contributed by atoms with Crippen molar-refractivity contribution in [1.29, 1.82) is 0 Å². The smallest absolute Gasteiger partial charge is 0.0982 e.